The van der Waals surface area contributed by atoms with Crippen LogP contribution < -0.4 is 10.6 Å². The van der Waals surface area contributed by atoms with Crippen molar-refractivity contribution in [3.05, 3.63) is 59.7 Å². The number of esters is 1. The molecular weight excluding hydrogens is 304 g/mol. The monoisotopic (exact) mass is 326 g/mol. The molecule has 0 aliphatic carbocycles. The molecular formula is C19H22N2O3. The Hall–Kier alpha value is -2.82. The van der Waals surface area contributed by atoms with Gasteiger partial charge in [0.25, 0.3) is 0 Å². The number of methoxy groups -OCH3 is 1. The smallest absolute Gasteiger partial charge is 0.337 e. The first-order chi connectivity index (χ1) is 11.5. The molecule has 2 aromatic rings. The van der Waals surface area contributed by atoms with Crippen molar-refractivity contribution in [2.24, 2.45) is 0 Å². The zero-order chi connectivity index (χ0) is 17.5. The van der Waals surface area contributed by atoms with Crippen LogP contribution >= 0.6 is 0 Å². The summed E-state index contributed by atoms with van der Waals surface area (Å²) in [6.45, 7) is 3.87. The van der Waals surface area contributed by atoms with Gasteiger partial charge in [-0.1, -0.05) is 19.1 Å². The molecule has 5 heteroatoms. The molecule has 2 aromatic carbocycles. The summed E-state index contributed by atoms with van der Waals surface area (Å²) in [5.41, 5.74) is 3.22. The van der Waals surface area contributed by atoms with E-state index in [1.54, 1.807) is 31.2 Å². The Bertz CT molecular complexity index is 694. The molecule has 2 rings (SSSR count). The minimum absolute atomic E-state index is 0.128. The van der Waals surface area contributed by atoms with Gasteiger partial charge in [0.2, 0.25) is 5.91 Å². The molecule has 126 valence electrons. The molecule has 5 nitrogen and oxygen atoms in total. The lowest BCUT2D eigenvalue weighted by atomic mass is 10.1. The molecule has 0 spiro atoms. The molecule has 1 amide bonds. The molecule has 0 heterocycles. The van der Waals surface area contributed by atoms with Crippen molar-refractivity contribution >= 4 is 23.3 Å². The maximum Gasteiger partial charge on any atom is 0.337 e. The largest absolute Gasteiger partial charge is 0.465 e. The Labute approximate surface area is 142 Å². The first-order valence-electron chi connectivity index (χ1n) is 7.88. The molecule has 0 aliphatic heterocycles. The number of ether oxygens (including phenoxy) is 1. The Morgan fingerprint density at radius 2 is 1.58 bits per heavy atom. The van der Waals surface area contributed by atoms with Crippen LogP contribution in [-0.2, 0) is 16.0 Å². The number of rotatable bonds is 6. The van der Waals surface area contributed by atoms with E-state index >= 15 is 0 Å². The highest BCUT2D eigenvalue weighted by Gasteiger charge is 2.13. The average molecular weight is 326 g/mol. The predicted molar refractivity (Wildman–Crippen MR) is 95.3 cm³/mol. The number of carbonyl (C=O) groups is 2. The summed E-state index contributed by atoms with van der Waals surface area (Å²) in [4.78, 5) is 23.6. The van der Waals surface area contributed by atoms with Gasteiger partial charge < -0.3 is 15.4 Å². The van der Waals surface area contributed by atoms with E-state index in [0.29, 0.717) is 5.56 Å². The van der Waals surface area contributed by atoms with E-state index in [2.05, 4.69) is 22.3 Å². The van der Waals surface area contributed by atoms with Crippen molar-refractivity contribution in [3.8, 4) is 0 Å². The minimum atomic E-state index is -0.417. The number of anilines is 2. The van der Waals surface area contributed by atoms with Crippen LogP contribution in [0.2, 0.25) is 0 Å². The van der Waals surface area contributed by atoms with Gasteiger partial charge >= 0.3 is 5.97 Å². The second-order valence-corrected chi connectivity index (χ2v) is 5.47. The van der Waals surface area contributed by atoms with Gasteiger partial charge in [-0.3, -0.25) is 4.79 Å². The van der Waals surface area contributed by atoms with E-state index in [9.17, 15) is 9.59 Å². The van der Waals surface area contributed by atoms with Crippen molar-refractivity contribution < 1.29 is 14.3 Å². The van der Waals surface area contributed by atoms with Crippen LogP contribution in [0.15, 0.2) is 48.5 Å². The van der Waals surface area contributed by atoms with Crippen LogP contribution in [0.25, 0.3) is 0 Å². The summed E-state index contributed by atoms with van der Waals surface area (Å²) in [6, 6.07) is 14.2. The Morgan fingerprint density at radius 3 is 2.12 bits per heavy atom. The first kappa shape index (κ1) is 17.5. The van der Waals surface area contributed by atoms with Gasteiger partial charge in [0.05, 0.1) is 12.7 Å². The van der Waals surface area contributed by atoms with Crippen molar-refractivity contribution in [2.45, 2.75) is 26.3 Å². The highest BCUT2D eigenvalue weighted by Crippen LogP contribution is 2.14. The zero-order valence-electron chi connectivity index (χ0n) is 14.1. The first-order valence-corrected chi connectivity index (χ1v) is 7.88. The summed E-state index contributed by atoms with van der Waals surface area (Å²) in [5, 5.41) is 5.98. The Morgan fingerprint density at radius 1 is 1.00 bits per heavy atom. The molecule has 2 N–H and O–H groups in total. The van der Waals surface area contributed by atoms with E-state index in [1.807, 2.05) is 24.3 Å². The van der Waals surface area contributed by atoms with Crippen LogP contribution in [0, 0.1) is 0 Å². The molecule has 0 bridgehead atoms. The van der Waals surface area contributed by atoms with E-state index in [4.69, 9.17) is 0 Å². The molecule has 0 unspecified atom stereocenters. The number of amides is 1. The highest BCUT2D eigenvalue weighted by molar-refractivity contribution is 5.96. The molecule has 24 heavy (non-hydrogen) atoms. The summed E-state index contributed by atoms with van der Waals surface area (Å²) in [5.74, 6) is -0.515. The zero-order valence-corrected chi connectivity index (χ0v) is 14.1. The van der Waals surface area contributed by atoms with Gasteiger partial charge in [-0.2, -0.15) is 0 Å². The highest BCUT2D eigenvalue weighted by atomic mass is 16.5. The van der Waals surface area contributed by atoms with Crippen LogP contribution in [0.1, 0.15) is 29.8 Å². The number of carbonyl (C=O) groups excluding carboxylic acids is 2. The van der Waals surface area contributed by atoms with Gasteiger partial charge in [-0.25, -0.2) is 4.79 Å². The lowest BCUT2D eigenvalue weighted by Gasteiger charge is -2.15. The third kappa shape index (κ3) is 4.59. The van der Waals surface area contributed by atoms with Crippen molar-refractivity contribution in [1.82, 2.24) is 0 Å². The lowest BCUT2D eigenvalue weighted by molar-refractivity contribution is -0.116. The predicted octanol–water partition coefficient (Wildman–Crippen LogP) is 3.47. The number of hydrogen-bond donors (Lipinski definition) is 2. The quantitative estimate of drug-likeness (QED) is 0.798. The maximum absolute atomic E-state index is 12.2. The SMILES string of the molecule is CCc1ccc(NC(=O)[C@@H](C)Nc2ccc(C(=O)OC)cc2)cc1. The summed E-state index contributed by atoms with van der Waals surface area (Å²) < 4.78 is 4.65. The maximum atomic E-state index is 12.2. The Kier molecular flexibility index (Phi) is 5.95. The second kappa shape index (κ2) is 8.15. The third-order valence-corrected chi connectivity index (χ3v) is 3.71. The number of benzene rings is 2. The van der Waals surface area contributed by atoms with Gasteiger partial charge in [0, 0.05) is 11.4 Å². The van der Waals surface area contributed by atoms with E-state index < -0.39 is 6.04 Å². The van der Waals surface area contributed by atoms with E-state index in [0.717, 1.165) is 17.8 Å². The van der Waals surface area contributed by atoms with Gasteiger partial charge in [-0.05, 0) is 55.3 Å². The molecule has 0 saturated heterocycles. The lowest BCUT2D eigenvalue weighted by Crippen LogP contribution is -2.31. The normalized spacial score (nSPS) is 11.5. The van der Waals surface area contributed by atoms with Gasteiger partial charge in [-0.15, -0.1) is 0 Å². The van der Waals surface area contributed by atoms with E-state index in [-0.39, 0.29) is 11.9 Å². The topological polar surface area (TPSA) is 67.4 Å². The summed E-state index contributed by atoms with van der Waals surface area (Å²) >= 11 is 0. The van der Waals surface area contributed by atoms with Gasteiger partial charge in [0.1, 0.15) is 6.04 Å². The molecule has 1 atom stereocenters. The van der Waals surface area contributed by atoms with Crippen LogP contribution in [0.3, 0.4) is 0 Å². The van der Waals surface area contributed by atoms with Crippen molar-refractivity contribution in [1.29, 1.82) is 0 Å². The fraction of sp³-hybridized carbons (Fsp3) is 0.263. The van der Waals surface area contributed by atoms with Crippen LogP contribution in [0.5, 0.6) is 0 Å². The van der Waals surface area contributed by atoms with E-state index in [1.165, 1.54) is 12.7 Å². The number of aryl methyl sites for hydroxylation is 1. The summed E-state index contributed by atoms with van der Waals surface area (Å²) in [7, 11) is 1.34. The molecule has 0 fully saturated rings. The Balaban J connectivity index is 1.94. The standard InChI is InChI=1S/C19H22N2O3/c1-4-14-5-9-17(10-6-14)21-18(22)13(2)20-16-11-7-15(8-12-16)19(23)24-3/h5-13,20H,4H2,1-3H3,(H,21,22)/t13-/m1/s1. The minimum Gasteiger partial charge on any atom is -0.465 e. The van der Waals surface area contributed by atoms with Gasteiger partial charge in [0.15, 0.2) is 0 Å². The number of hydrogen-bond acceptors (Lipinski definition) is 4. The molecule has 0 aromatic heterocycles. The average Bonchev–Trinajstić information content (AvgIpc) is 2.62. The van der Waals surface area contributed by atoms with Crippen LogP contribution in [-0.4, -0.2) is 25.0 Å². The van der Waals surface area contributed by atoms with Crippen molar-refractivity contribution in [3.63, 3.8) is 0 Å². The molecule has 0 aliphatic rings. The number of nitrogens with one attached hydrogen (secondary N) is 2. The fourth-order valence-electron chi connectivity index (χ4n) is 2.21. The van der Waals surface area contributed by atoms with Crippen LogP contribution in [0.4, 0.5) is 11.4 Å². The molecule has 0 saturated carbocycles. The third-order valence-electron chi connectivity index (χ3n) is 3.71. The second-order valence-electron chi connectivity index (χ2n) is 5.47. The fourth-order valence-corrected chi connectivity index (χ4v) is 2.21. The van der Waals surface area contributed by atoms with Crippen molar-refractivity contribution in [2.75, 3.05) is 17.7 Å². The summed E-state index contributed by atoms with van der Waals surface area (Å²) in [6.07, 6.45) is 0.966. The molecule has 0 radical (unpaired) electrons.